The number of carboxylic acid groups (broad SMARTS) is 1. The van der Waals surface area contributed by atoms with Crippen LogP contribution in [0.3, 0.4) is 0 Å². The van der Waals surface area contributed by atoms with Crippen LogP contribution < -0.4 is 10.1 Å². The van der Waals surface area contributed by atoms with E-state index in [4.69, 9.17) is 4.74 Å². The van der Waals surface area contributed by atoms with Crippen molar-refractivity contribution in [2.75, 3.05) is 6.61 Å². The number of aliphatic hydroxyl groups excluding tert-OH is 1. The van der Waals surface area contributed by atoms with E-state index in [1.807, 2.05) is 54.6 Å². The first-order chi connectivity index (χ1) is 18.5. The summed E-state index contributed by atoms with van der Waals surface area (Å²) < 4.78 is 7.67. The number of aromatic nitrogens is 3. The molecule has 0 bridgehead atoms. The molecule has 3 N–H and O–H groups in total. The number of benzene rings is 2. The normalized spacial score (nSPS) is 14.8. The summed E-state index contributed by atoms with van der Waals surface area (Å²) in [5, 5.41) is 25.4. The van der Waals surface area contributed by atoms with Crippen LogP contribution in [0, 0.1) is 0 Å². The largest absolute Gasteiger partial charge is 0.489 e. The van der Waals surface area contributed by atoms with Crippen LogP contribution in [0.4, 0.5) is 0 Å². The fourth-order valence-electron chi connectivity index (χ4n) is 4.99. The molecule has 0 spiro atoms. The lowest BCUT2D eigenvalue weighted by atomic mass is 9.84. The van der Waals surface area contributed by atoms with Gasteiger partial charge in [0.25, 0.3) is 5.91 Å². The molecule has 2 aromatic carbocycles. The number of nitrogens with zero attached hydrogens (tertiary/aromatic N) is 3. The minimum atomic E-state index is -1.41. The van der Waals surface area contributed by atoms with Crippen molar-refractivity contribution >= 4 is 17.5 Å². The van der Waals surface area contributed by atoms with Crippen molar-refractivity contribution in [3.63, 3.8) is 0 Å². The van der Waals surface area contributed by atoms with Gasteiger partial charge in [-0.1, -0.05) is 61.7 Å². The van der Waals surface area contributed by atoms with Crippen molar-refractivity contribution in [1.82, 2.24) is 19.9 Å². The van der Waals surface area contributed by atoms with Gasteiger partial charge in [-0.2, -0.15) is 5.10 Å². The molecule has 2 aromatic heterocycles. The number of carboxylic acids is 1. The molecule has 1 amide bonds. The van der Waals surface area contributed by atoms with Gasteiger partial charge in [0.1, 0.15) is 17.9 Å². The third kappa shape index (κ3) is 5.38. The summed E-state index contributed by atoms with van der Waals surface area (Å²) in [4.78, 5) is 28.7. The third-order valence-electron chi connectivity index (χ3n) is 7.00. The highest BCUT2D eigenvalue weighted by atomic mass is 16.5. The van der Waals surface area contributed by atoms with Crippen LogP contribution in [0.2, 0.25) is 0 Å². The van der Waals surface area contributed by atoms with Crippen molar-refractivity contribution in [3.05, 3.63) is 83.8 Å². The fourth-order valence-corrected chi connectivity index (χ4v) is 4.99. The number of hydrogen-bond donors (Lipinski definition) is 3. The van der Waals surface area contributed by atoms with Crippen molar-refractivity contribution in [3.8, 4) is 16.9 Å². The third-order valence-corrected chi connectivity index (χ3v) is 7.00. The SMILES string of the molecule is O=C(N[C@@H](CO)C(=O)O)c1cnn2c(C3CCCCC3)c(-c3ccc(OCc4ccccc4)cc3)cnc12. The Morgan fingerprint density at radius 2 is 1.76 bits per heavy atom. The van der Waals surface area contributed by atoms with E-state index in [-0.39, 0.29) is 11.5 Å². The molecular weight excluding hydrogens is 484 g/mol. The lowest BCUT2D eigenvalue weighted by molar-refractivity contribution is -0.140. The Bertz CT molecular complexity index is 1410. The van der Waals surface area contributed by atoms with Gasteiger partial charge in [0, 0.05) is 17.7 Å². The molecule has 1 saturated carbocycles. The highest BCUT2D eigenvalue weighted by Crippen LogP contribution is 2.38. The number of ether oxygens (including phenoxy) is 1. The van der Waals surface area contributed by atoms with Gasteiger partial charge < -0.3 is 20.3 Å². The van der Waals surface area contributed by atoms with Crippen LogP contribution in [0.5, 0.6) is 5.75 Å². The first kappa shape index (κ1) is 25.4. The van der Waals surface area contributed by atoms with Crippen LogP contribution in [-0.2, 0) is 11.4 Å². The molecule has 9 heteroatoms. The van der Waals surface area contributed by atoms with E-state index in [1.165, 1.54) is 12.6 Å². The van der Waals surface area contributed by atoms with E-state index in [9.17, 15) is 19.8 Å². The van der Waals surface area contributed by atoms with Gasteiger partial charge in [-0.3, -0.25) is 4.79 Å². The van der Waals surface area contributed by atoms with Gasteiger partial charge in [0.2, 0.25) is 0 Å². The molecule has 9 nitrogen and oxygen atoms in total. The number of hydrogen-bond acceptors (Lipinski definition) is 6. The highest BCUT2D eigenvalue weighted by molar-refractivity contribution is 6.01. The molecule has 196 valence electrons. The maximum atomic E-state index is 12.8. The molecule has 0 aliphatic heterocycles. The van der Waals surface area contributed by atoms with Gasteiger partial charge in [-0.25, -0.2) is 14.3 Å². The van der Waals surface area contributed by atoms with Gasteiger partial charge in [-0.15, -0.1) is 0 Å². The number of aliphatic hydroxyl groups is 1. The van der Waals surface area contributed by atoms with E-state index < -0.39 is 24.5 Å². The summed E-state index contributed by atoms with van der Waals surface area (Å²) in [6.07, 6.45) is 8.62. The maximum Gasteiger partial charge on any atom is 0.328 e. The van der Waals surface area contributed by atoms with E-state index in [0.29, 0.717) is 12.3 Å². The fraction of sp³-hybridized carbons (Fsp3) is 0.310. The van der Waals surface area contributed by atoms with E-state index in [0.717, 1.165) is 53.8 Å². The first-order valence-electron chi connectivity index (χ1n) is 12.8. The molecule has 1 atom stereocenters. The van der Waals surface area contributed by atoms with Gasteiger partial charge >= 0.3 is 5.97 Å². The minimum Gasteiger partial charge on any atom is -0.489 e. The molecule has 0 saturated heterocycles. The van der Waals surface area contributed by atoms with Crippen LogP contribution in [0.25, 0.3) is 16.8 Å². The average molecular weight is 515 g/mol. The predicted molar refractivity (Wildman–Crippen MR) is 141 cm³/mol. The number of fused-ring (bicyclic) bond motifs is 1. The highest BCUT2D eigenvalue weighted by Gasteiger charge is 2.27. The van der Waals surface area contributed by atoms with E-state index in [2.05, 4.69) is 15.4 Å². The van der Waals surface area contributed by atoms with Crippen LogP contribution >= 0.6 is 0 Å². The van der Waals surface area contributed by atoms with E-state index >= 15 is 0 Å². The summed E-state index contributed by atoms with van der Waals surface area (Å²) in [5.74, 6) is -0.943. The number of amides is 1. The summed E-state index contributed by atoms with van der Waals surface area (Å²) in [6, 6.07) is 16.5. The summed E-state index contributed by atoms with van der Waals surface area (Å²) >= 11 is 0. The monoisotopic (exact) mass is 514 g/mol. The predicted octanol–water partition coefficient (Wildman–Crippen LogP) is 4.20. The zero-order valence-electron chi connectivity index (χ0n) is 20.9. The molecular formula is C29H30N4O5. The Balaban J connectivity index is 1.47. The number of carbonyl (C=O) groups excluding carboxylic acids is 1. The summed E-state index contributed by atoms with van der Waals surface area (Å²) in [7, 11) is 0. The smallest absolute Gasteiger partial charge is 0.328 e. The first-order valence-corrected chi connectivity index (χ1v) is 12.8. The molecule has 2 heterocycles. The Kier molecular flexibility index (Phi) is 7.65. The van der Waals surface area contributed by atoms with Crippen molar-refractivity contribution in [1.29, 1.82) is 0 Å². The number of nitrogens with one attached hydrogen (secondary N) is 1. The Morgan fingerprint density at radius 1 is 1.03 bits per heavy atom. The van der Waals surface area contributed by atoms with Gasteiger partial charge in [0.15, 0.2) is 11.7 Å². The Morgan fingerprint density at radius 3 is 2.45 bits per heavy atom. The lowest BCUT2D eigenvalue weighted by Gasteiger charge is -2.25. The average Bonchev–Trinajstić information content (AvgIpc) is 3.40. The molecule has 0 unspecified atom stereocenters. The van der Waals surface area contributed by atoms with Gasteiger partial charge in [-0.05, 0) is 36.1 Å². The topological polar surface area (TPSA) is 126 Å². The number of aliphatic carboxylic acids is 1. The van der Waals surface area contributed by atoms with Gasteiger partial charge in [0.05, 0.1) is 18.5 Å². The lowest BCUT2D eigenvalue weighted by Crippen LogP contribution is -2.43. The summed E-state index contributed by atoms with van der Waals surface area (Å²) in [6.45, 7) is -0.228. The molecule has 1 aliphatic rings. The second kappa shape index (κ2) is 11.4. The molecule has 1 aliphatic carbocycles. The second-order valence-electron chi connectivity index (χ2n) is 9.53. The number of carbonyl (C=O) groups is 2. The van der Waals surface area contributed by atoms with Crippen molar-refractivity contribution < 1.29 is 24.5 Å². The molecule has 5 rings (SSSR count). The zero-order valence-corrected chi connectivity index (χ0v) is 20.9. The standard InChI is InChI=1S/C29H30N4O5/c34-17-25(29(36)37)32-28(35)24-16-31-33-26(21-9-5-2-6-10-21)23(15-30-27(24)33)20-11-13-22(14-12-20)38-18-19-7-3-1-4-8-19/h1,3-4,7-8,11-16,21,25,34H,2,5-6,9-10,17-18H2,(H,32,35)(H,36,37)/t25-/m0/s1. The van der Waals surface area contributed by atoms with E-state index in [1.54, 1.807) is 10.7 Å². The number of rotatable bonds is 9. The molecule has 1 fully saturated rings. The van der Waals surface area contributed by atoms with Crippen LogP contribution in [-0.4, -0.2) is 49.3 Å². The molecule has 0 radical (unpaired) electrons. The summed E-state index contributed by atoms with van der Waals surface area (Å²) in [5.41, 5.74) is 4.52. The van der Waals surface area contributed by atoms with Crippen LogP contribution in [0.1, 0.15) is 59.6 Å². The molecule has 38 heavy (non-hydrogen) atoms. The Hall–Kier alpha value is -4.24. The molecule has 4 aromatic rings. The van der Waals surface area contributed by atoms with Crippen molar-refractivity contribution in [2.24, 2.45) is 0 Å². The quantitative estimate of drug-likeness (QED) is 0.306. The van der Waals surface area contributed by atoms with Crippen LogP contribution in [0.15, 0.2) is 67.0 Å². The van der Waals surface area contributed by atoms with Crippen molar-refractivity contribution in [2.45, 2.75) is 50.7 Å². The second-order valence-corrected chi connectivity index (χ2v) is 9.53. The maximum absolute atomic E-state index is 12.8. The minimum absolute atomic E-state index is 0.165. The Labute approximate surface area is 220 Å². The zero-order chi connectivity index (χ0) is 26.5.